The van der Waals surface area contributed by atoms with Gasteiger partial charge in [0.2, 0.25) is 15.9 Å². The first-order valence-electron chi connectivity index (χ1n) is 12.2. The van der Waals surface area contributed by atoms with Gasteiger partial charge in [-0.3, -0.25) is 4.79 Å². The summed E-state index contributed by atoms with van der Waals surface area (Å²) in [7, 11) is -3.62. The zero-order valence-electron chi connectivity index (χ0n) is 19.8. The molecule has 2 aromatic rings. The number of anilines is 1. The molecule has 0 aromatic heterocycles. The first-order valence-corrected chi connectivity index (χ1v) is 13.7. The van der Waals surface area contributed by atoms with Crippen LogP contribution < -0.4 is 15.4 Å². The Morgan fingerprint density at radius 2 is 1.79 bits per heavy atom. The number of halogens is 1. The van der Waals surface area contributed by atoms with Gasteiger partial charge in [0.1, 0.15) is 5.82 Å². The van der Waals surface area contributed by atoms with Crippen LogP contribution in [-0.4, -0.2) is 26.4 Å². The largest absolute Gasteiger partial charge is 0.382 e. The van der Waals surface area contributed by atoms with Crippen molar-refractivity contribution in [1.82, 2.24) is 10.0 Å². The molecule has 6 nitrogen and oxygen atoms in total. The molecule has 2 aromatic carbocycles. The van der Waals surface area contributed by atoms with Crippen molar-refractivity contribution in [3.8, 4) is 0 Å². The van der Waals surface area contributed by atoms with Crippen molar-refractivity contribution in [3.05, 3.63) is 59.4 Å². The highest BCUT2D eigenvalue weighted by molar-refractivity contribution is 7.89. The number of amides is 1. The molecule has 1 amide bonds. The van der Waals surface area contributed by atoms with Crippen LogP contribution in [0.4, 0.5) is 10.1 Å². The maximum Gasteiger partial charge on any atom is 0.240 e. The highest BCUT2D eigenvalue weighted by Crippen LogP contribution is 2.30. The van der Waals surface area contributed by atoms with Gasteiger partial charge in [-0.2, -0.15) is 0 Å². The fourth-order valence-electron chi connectivity index (χ4n) is 4.94. The summed E-state index contributed by atoms with van der Waals surface area (Å²) >= 11 is 0. The zero-order valence-corrected chi connectivity index (χ0v) is 20.6. The van der Waals surface area contributed by atoms with Crippen molar-refractivity contribution >= 4 is 21.6 Å². The number of benzene rings is 2. The smallest absolute Gasteiger partial charge is 0.240 e. The number of nitrogens with one attached hydrogen (secondary N) is 3. The Morgan fingerprint density at radius 1 is 1.09 bits per heavy atom. The van der Waals surface area contributed by atoms with Crippen molar-refractivity contribution in [2.24, 2.45) is 5.92 Å². The Labute approximate surface area is 201 Å². The molecule has 1 fully saturated rings. The number of hydrogen-bond donors (Lipinski definition) is 3. The van der Waals surface area contributed by atoms with Crippen LogP contribution in [0, 0.1) is 11.7 Å². The predicted molar refractivity (Wildman–Crippen MR) is 131 cm³/mol. The Bertz CT molecular complexity index is 1110. The van der Waals surface area contributed by atoms with Gasteiger partial charge in [0.25, 0.3) is 0 Å². The minimum Gasteiger partial charge on any atom is -0.382 e. The molecule has 0 radical (unpaired) electrons. The number of fused-ring (bicyclic) bond motifs is 1. The topological polar surface area (TPSA) is 87.3 Å². The monoisotopic (exact) mass is 487 g/mol. The van der Waals surface area contributed by atoms with Gasteiger partial charge in [-0.15, -0.1) is 0 Å². The van der Waals surface area contributed by atoms with Gasteiger partial charge in [-0.25, -0.2) is 17.5 Å². The Morgan fingerprint density at radius 3 is 2.47 bits per heavy atom. The molecule has 1 aliphatic heterocycles. The van der Waals surface area contributed by atoms with E-state index in [1.807, 2.05) is 13.0 Å². The second-order valence-electron chi connectivity index (χ2n) is 9.56. The number of hydrogen-bond acceptors (Lipinski definition) is 4. The highest BCUT2D eigenvalue weighted by atomic mass is 32.2. The summed E-state index contributed by atoms with van der Waals surface area (Å²) in [4.78, 5) is 13.0. The normalized spacial score (nSPS) is 23.4. The van der Waals surface area contributed by atoms with Crippen molar-refractivity contribution in [2.45, 2.75) is 81.8 Å². The molecule has 0 spiro atoms. The van der Waals surface area contributed by atoms with E-state index < -0.39 is 10.0 Å². The standard InChI is InChI=1S/C26H34FN3O3S/c1-3-22-11-8-20-16-24(14-15-25(20)29-22)34(32,33)30-23-12-6-19(7-13-23)26(31)28-17(2)18-4-9-21(27)10-5-18/h4-5,9-10,14-17,19,22-23,29-30H,3,6-8,11-13H2,1-2H3,(H,28,31)/t17-,19?,22?,23?/m1/s1. The van der Waals surface area contributed by atoms with Crippen molar-refractivity contribution in [3.63, 3.8) is 0 Å². The molecular weight excluding hydrogens is 453 g/mol. The van der Waals surface area contributed by atoms with E-state index in [9.17, 15) is 17.6 Å². The number of sulfonamides is 1. The fraction of sp³-hybridized carbons (Fsp3) is 0.500. The van der Waals surface area contributed by atoms with Crippen molar-refractivity contribution in [2.75, 3.05) is 5.32 Å². The molecule has 4 rings (SSSR count). The van der Waals surface area contributed by atoms with Gasteiger partial charge in [0, 0.05) is 23.7 Å². The molecule has 3 N–H and O–H groups in total. The molecule has 0 saturated heterocycles. The molecule has 34 heavy (non-hydrogen) atoms. The highest BCUT2D eigenvalue weighted by Gasteiger charge is 2.30. The molecule has 1 aliphatic carbocycles. The summed E-state index contributed by atoms with van der Waals surface area (Å²) < 4.78 is 42.0. The van der Waals surface area contributed by atoms with Gasteiger partial charge >= 0.3 is 0 Å². The van der Waals surface area contributed by atoms with Crippen LogP contribution in [0.15, 0.2) is 47.4 Å². The minimum atomic E-state index is -3.62. The quantitative estimate of drug-likeness (QED) is 0.529. The van der Waals surface area contributed by atoms with E-state index >= 15 is 0 Å². The Kier molecular flexibility index (Phi) is 7.57. The number of rotatable bonds is 7. The van der Waals surface area contributed by atoms with Gasteiger partial charge in [-0.05, 0) is 93.3 Å². The van der Waals surface area contributed by atoms with Gasteiger partial charge in [0.05, 0.1) is 10.9 Å². The SMILES string of the molecule is CCC1CCc2cc(S(=O)(=O)NC3CCC(C(=O)N[C@H](C)c4ccc(F)cc4)CC3)ccc2N1. The molecule has 2 aliphatic rings. The Balaban J connectivity index is 1.30. The summed E-state index contributed by atoms with van der Waals surface area (Å²) in [6, 6.07) is 11.5. The number of aryl methyl sites for hydroxylation is 1. The average molecular weight is 488 g/mol. The van der Waals surface area contributed by atoms with E-state index in [0.29, 0.717) is 36.6 Å². The van der Waals surface area contributed by atoms with Crippen LogP contribution in [0.1, 0.15) is 69.5 Å². The average Bonchev–Trinajstić information content (AvgIpc) is 2.83. The Hall–Kier alpha value is -2.45. The first kappa shape index (κ1) is 24.7. The lowest BCUT2D eigenvalue weighted by atomic mass is 9.85. The van der Waals surface area contributed by atoms with Gasteiger partial charge < -0.3 is 10.6 Å². The second kappa shape index (κ2) is 10.4. The molecule has 0 bridgehead atoms. The van der Waals surface area contributed by atoms with Crippen molar-refractivity contribution in [1.29, 1.82) is 0 Å². The lowest BCUT2D eigenvalue weighted by Crippen LogP contribution is -2.41. The lowest BCUT2D eigenvalue weighted by Gasteiger charge is -2.29. The maximum atomic E-state index is 13.1. The molecular formula is C26H34FN3O3S. The van der Waals surface area contributed by atoms with E-state index in [1.165, 1.54) is 12.1 Å². The van der Waals surface area contributed by atoms with Crippen LogP contribution >= 0.6 is 0 Å². The van der Waals surface area contributed by atoms with Gasteiger partial charge in [0.15, 0.2) is 0 Å². The summed E-state index contributed by atoms with van der Waals surface area (Å²) in [6.45, 7) is 4.03. The summed E-state index contributed by atoms with van der Waals surface area (Å²) in [5, 5.41) is 6.48. The molecule has 1 saturated carbocycles. The first-order chi connectivity index (χ1) is 16.2. The van der Waals surface area contributed by atoms with Crippen LogP contribution in [0.25, 0.3) is 0 Å². The van der Waals surface area contributed by atoms with E-state index in [1.54, 1.807) is 24.3 Å². The third-order valence-corrected chi connectivity index (χ3v) is 8.67. The second-order valence-corrected chi connectivity index (χ2v) is 11.3. The maximum absolute atomic E-state index is 13.1. The zero-order chi connectivity index (χ0) is 24.3. The van der Waals surface area contributed by atoms with Crippen LogP contribution in [0.5, 0.6) is 0 Å². The molecule has 8 heteroatoms. The van der Waals surface area contributed by atoms with Crippen molar-refractivity contribution < 1.29 is 17.6 Å². The summed E-state index contributed by atoms with van der Waals surface area (Å²) in [6.07, 6.45) is 5.42. The van der Waals surface area contributed by atoms with E-state index in [-0.39, 0.29) is 29.7 Å². The lowest BCUT2D eigenvalue weighted by molar-refractivity contribution is -0.126. The van der Waals surface area contributed by atoms with Crippen LogP contribution in [0.2, 0.25) is 0 Å². The number of carbonyl (C=O) groups excluding carboxylic acids is 1. The van der Waals surface area contributed by atoms with E-state index in [4.69, 9.17) is 0 Å². The third kappa shape index (κ3) is 5.78. The van der Waals surface area contributed by atoms with Gasteiger partial charge in [-0.1, -0.05) is 19.1 Å². The number of carbonyl (C=O) groups is 1. The predicted octanol–water partition coefficient (Wildman–Crippen LogP) is 4.68. The fourth-order valence-corrected chi connectivity index (χ4v) is 6.30. The third-order valence-electron chi connectivity index (χ3n) is 7.15. The molecule has 1 heterocycles. The molecule has 2 atom stereocenters. The van der Waals surface area contributed by atoms with E-state index in [0.717, 1.165) is 36.1 Å². The molecule has 184 valence electrons. The van der Waals surface area contributed by atoms with Crippen LogP contribution in [0.3, 0.4) is 0 Å². The minimum absolute atomic E-state index is 0.0364. The molecule has 1 unspecified atom stereocenters. The van der Waals surface area contributed by atoms with Crippen LogP contribution in [-0.2, 0) is 21.2 Å². The van der Waals surface area contributed by atoms with E-state index in [2.05, 4.69) is 22.3 Å². The summed E-state index contributed by atoms with van der Waals surface area (Å²) in [5.41, 5.74) is 2.92. The summed E-state index contributed by atoms with van der Waals surface area (Å²) in [5.74, 6) is -0.490.